The third-order valence-electron chi connectivity index (χ3n) is 3.55. The van der Waals surface area contributed by atoms with Crippen LogP contribution in [0, 0.1) is 0 Å². The van der Waals surface area contributed by atoms with E-state index in [4.69, 9.17) is 4.42 Å². The average Bonchev–Trinajstić information content (AvgIpc) is 3.19. The second kappa shape index (κ2) is 7.87. The number of phenolic OH excluding ortho intramolecular Hbond substituents is 2. The van der Waals surface area contributed by atoms with Gasteiger partial charge in [-0.1, -0.05) is 12.1 Å². The predicted molar refractivity (Wildman–Crippen MR) is 97.9 cm³/mol. The van der Waals surface area contributed by atoms with Gasteiger partial charge in [-0.15, -0.1) is 0 Å². The van der Waals surface area contributed by atoms with Crippen molar-refractivity contribution >= 4 is 23.7 Å². The summed E-state index contributed by atoms with van der Waals surface area (Å²) in [6, 6.07) is 13.5. The van der Waals surface area contributed by atoms with Crippen molar-refractivity contribution in [3.05, 3.63) is 77.7 Å². The van der Waals surface area contributed by atoms with Crippen molar-refractivity contribution in [3.63, 3.8) is 0 Å². The second-order valence-corrected chi connectivity index (χ2v) is 5.42. The molecule has 0 aliphatic rings. The molecule has 0 saturated heterocycles. The Balaban J connectivity index is 1.71. The second-order valence-electron chi connectivity index (χ2n) is 5.42. The molecule has 1 aromatic heterocycles. The van der Waals surface area contributed by atoms with E-state index in [9.17, 15) is 19.8 Å². The summed E-state index contributed by atoms with van der Waals surface area (Å²) in [5.41, 5.74) is 3.12. The lowest BCUT2D eigenvalue weighted by Crippen LogP contribution is -2.21. The van der Waals surface area contributed by atoms with E-state index in [2.05, 4.69) is 15.8 Å². The van der Waals surface area contributed by atoms with Crippen molar-refractivity contribution in [3.8, 4) is 11.5 Å². The number of hydrogen-bond donors (Lipinski definition) is 4. The molecule has 0 radical (unpaired) electrons. The third-order valence-corrected chi connectivity index (χ3v) is 3.55. The number of nitrogens with zero attached hydrogens (tertiary/aromatic N) is 1. The van der Waals surface area contributed by atoms with Crippen molar-refractivity contribution < 1.29 is 24.2 Å². The van der Waals surface area contributed by atoms with E-state index in [1.807, 2.05) is 0 Å². The number of para-hydroxylation sites is 1. The van der Waals surface area contributed by atoms with Gasteiger partial charge in [0.1, 0.15) is 11.5 Å². The van der Waals surface area contributed by atoms with Crippen LogP contribution >= 0.6 is 0 Å². The largest absolute Gasteiger partial charge is 0.508 e. The molecule has 0 aliphatic heterocycles. The van der Waals surface area contributed by atoms with Gasteiger partial charge in [0.05, 0.1) is 23.7 Å². The highest BCUT2D eigenvalue weighted by atomic mass is 16.3. The standard InChI is InChI=1S/C19H15N3O5/c23-13-8-7-12(16(24)10-13)11-20-22-18(25)14-4-1-2-5-15(14)21-19(26)17-6-3-9-27-17/h1-11,23-24H,(H,21,26)(H,22,25)/b20-11+. The number of amides is 2. The first-order valence-corrected chi connectivity index (χ1v) is 7.84. The highest BCUT2D eigenvalue weighted by Crippen LogP contribution is 2.21. The van der Waals surface area contributed by atoms with E-state index in [0.717, 1.165) is 6.07 Å². The lowest BCUT2D eigenvalue weighted by atomic mass is 10.1. The maximum absolute atomic E-state index is 12.4. The molecular weight excluding hydrogens is 350 g/mol. The summed E-state index contributed by atoms with van der Waals surface area (Å²) < 4.78 is 5.02. The molecule has 4 N–H and O–H groups in total. The number of furan rings is 1. The minimum absolute atomic E-state index is 0.0880. The number of anilines is 1. The highest BCUT2D eigenvalue weighted by molar-refractivity contribution is 6.08. The van der Waals surface area contributed by atoms with Crippen LogP contribution in [0.15, 0.2) is 70.4 Å². The van der Waals surface area contributed by atoms with Gasteiger partial charge in [-0.05, 0) is 36.4 Å². The molecule has 27 heavy (non-hydrogen) atoms. The van der Waals surface area contributed by atoms with E-state index < -0.39 is 11.8 Å². The van der Waals surface area contributed by atoms with E-state index in [1.54, 1.807) is 24.3 Å². The van der Waals surface area contributed by atoms with Gasteiger partial charge in [-0.25, -0.2) is 5.43 Å². The molecule has 0 bridgehead atoms. The molecule has 8 nitrogen and oxygen atoms in total. The van der Waals surface area contributed by atoms with Crippen LogP contribution in [0.3, 0.4) is 0 Å². The third kappa shape index (κ3) is 4.31. The molecule has 0 unspecified atom stereocenters. The van der Waals surface area contributed by atoms with Crippen LogP contribution in [0.25, 0.3) is 0 Å². The molecule has 1 heterocycles. The average molecular weight is 365 g/mol. The number of benzene rings is 2. The Morgan fingerprint density at radius 1 is 1.00 bits per heavy atom. The van der Waals surface area contributed by atoms with E-state index in [-0.39, 0.29) is 22.8 Å². The monoisotopic (exact) mass is 365 g/mol. The van der Waals surface area contributed by atoms with Crippen molar-refractivity contribution in [2.75, 3.05) is 5.32 Å². The Hall–Kier alpha value is -4.07. The first kappa shape index (κ1) is 17.7. The van der Waals surface area contributed by atoms with Crippen molar-refractivity contribution in [1.29, 1.82) is 0 Å². The van der Waals surface area contributed by atoms with Crippen molar-refractivity contribution in [2.24, 2.45) is 5.10 Å². The molecule has 2 amide bonds. The zero-order valence-corrected chi connectivity index (χ0v) is 13.9. The highest BCUT2D eigenvalue weighted by Gasteiger charge is 2.15. The number of hydrogen-bond acceptors (Lipinski definition) is 6. The molecular formula is C19H15N3O5. The lowest BCUT2D eigenvalue weighted by Gasteiger charge is -2.08. The number of carbonyl (C=O) groups excluding carboxylic acids is 2. The maximum atomic E-state index is 12.4. The van der Waals surface area contributed by atoms with Crippen LogP contribution < -0.4 is 10.7 Å². The van der Waals surface area contributed by atoms with Crippen LogP contribution in [-0.2, 0) is 0 Å². The van der Waals surface area contributed by atoms with Gasteiger partial charge in [0.2, 0.25) is 0 Å². The number of nitrogens with one attached hydrogen (secondary N) is 2. The Morgan fingerprint density at radius 3 is 2.56 bits per heavy atom. The van der Waals surface area contributed by atoms with Crippen molar-refractivity contribution in [2.45, 2.75) is 0 Å². The Bertz CT molecular complexity index is 996. The maximum Gasteiger partial charge on any atom is 0.291 e. The fourth-order valence-electron chi connectivity index (χ4n) is 2.24. The summed E-state index contributed by atoms with van der Waals surface area (Å²) in [5, 5.41) is 25.3. The Morgan fingerprint density at radius 2 is 1.81 bits per heavy atom. The summed E-state index contributed by atoms with van der Waals surface area (Å²) in [7, 11) is 0. The minimum atomic E-state index is -0.556. The molecule has 0 atom stereocenters. The van der Waals surface area contributed by atoms with E-state index in [0.29, 0.717) is 11.3 Å². The summed E-state index contributed by atoms with van der Waals surface area (Å²) in [6.45, 7) is 0. The number of hydrazone groups is 1. The van der Waals surface area contributed by atoms with Crippen LogP contribution in [0.1, 0.15) is 26.5 Å². The number of rotatable bonds is 5. The Labute approximate surface area is 153 Å². The smallest absolute Gasteiger partial charge is 0.291 e. The molecule has 0 fully saturated rings. The summed E-state index contributed by atoms with van der Waals surface area (Å²) in [6.07, 6.45) is 2.61. The molecule has 0 aliphatic carbocycles. The van der Waals surface area contributed by atoms with Crippen LogP contribution in [0.4, 0.5) is 5.69 Å². The molecule has 0 spiro atoms. The molecule has 3 aromatic rings. The van der Waals surface area contributed by atoms with Crippen molar-refractivity contribution in [1.82, 2.24) is 5.43 Å². The predicted octanol–water partition coefficient (Wildman–Crippen LogP) is 2.71. The summed E-state index contributed by atoms with van der Waals surface area (Å²) in [4.78, 5) is 24.5. The van der Waals surface area contributed by atoms with Gasteiger partial charge in [-0.3, -0.25) is 9.59 Å². The lowest BCUT2D eigenvalue weighted by molar-refractivity contribution is 0.0956. The first-order chi connectivity index (χ1) is 13.0. The number of phenols is 2. The summed E-state index contributed by atoms with van der Waals surface area (Å²) >= 11 is 0. The molecule has 8 heteroatoms. The van der Waals surface area contributed by atoms with Gasteiger partial charge in [0.15, 0.2) is 5.76 Å². The summed E-state index contributed by atoms with van der Waals surface area (Å²) in [5.74, 6) is -1.20. The zero-order valence-electron chi connectivity index (χ0n) is 13.9. The Kier molecular flexibility index (Phi) is 5.17. The molecule has 0 saturated carbocycles. The van der Waals surface area contributed by atoms with Gasteiger partial charge in [0.25, 0.3) is 11.8 Å². The SMILES string of the molecule is O=C(Nc1ccccc1C(=O)N/N=C/c1ccc(O)cc1O)c1ccco1. The van der Waals surface area contributed by atoms with Gasteiger partial charge >= 0.3 is 0 Å². The molecule has 136 valence electrons. The van der Waals surface area contributed by atoms with E-state index in [1.165, 1.54) is 36.7 Å². The fourth-order valence-corrected chi connectivity index (χ4v) is 2.24. The molecule has 3 rings (SSSR count). The minimum Gasteiger partial charge on any atom is -0.508 e. The number of carbonyl (C=O) groups is 2. The van der Waals surface area contributed by atoms with Crippen LogP contribution in [-0.4, -0.2) is 28.2 Å². The first-order valence-electron chi connectivity index (χ1n) is 7.84. The normalized spacial score (nSPS) is 10.7. The topological polar surface area (TPSA) is 124 Å². The van der Waals surface area contributed by atoms with Crippen LogP contribution in [0.5, 0.6) is 11.5 Å². The van der Waals surface area contributed by atoms with Gasteiger partial charge in [-0.2, -0.15) is 5.10 Å². The fraction of sp³-hybridized carbons (Fsp3) is 0. The van der Waals surface area contributed by atoms with E-state index >= 15 is 0 Å². The van der Waals surface area contributed by atoms with Crippen LogP contribution in [0.2, 0.25) is 0 Å². The number of aromatic hydroxyl groups is 2. The zero-order chi connectivity index (χ0) is 19.2. The van der Waals surface area contributed by atoms with Gasteiger partial charge < -0.3 is 19.9 Å². The van der Waals surface area contributed by atoms with Gasteiger partial charge in [0, 0.05) is 11.6 Å². The molecule has 2 aromatic carbocycles. The quantitative estimate of drug-likeness (QED) is 0.409.